The highest BCUT2D eigenvalue weighted by atomic mass is 32.2. The molecule has 0 spiro atoms. The molecular formula is C40H53FN8O8S. The summed E-state index contributed by atoms with van der Waals surface area (Å²) >= 11 is 0. The van der Waals surface area contributed by atoms with Crippen LogP contribution in [0.15, 0.2) is 42.5 Å². The van der Waals surface area contributed by atoms with Crippen molar-refractivity contribution in [3.63, 3.8) is 0 Å². The second kappa shape index (κ2) is 16.7. The van der Waals surface area contributed by atoms with Crippen molar-refractivity contribution in [3.8, 4) is 5.88 Å². The summed E-state index contributed by atoms with van der Waals surface area (Å²) in [6.07, 6.45) is 8.41. The number of amides is 4. The zero-order valence-corrected chi connectivity index (χ0v) is 34.0. The van der Waals surface area contributed by atoms with Gasteiger partial charge >= 0.3 is 6.09 Å². The molecule has 16 nitrogen and oxygen atoms in total. The first-order valence-corrected chi connectivity index (χ1v) is 21.8. The van der Waals surface area contributed by atoms with Crippen LogP contribution in [0.25, 0.3) is 0 Å². The van der Waals surface area contributed by atoms with Crippen molar-refractivity contribution in [2.75, 3.05) is 29.9 Å². The minimum Gasteiger partial charge on any atom is -0.472 e. The third-order valence-corrected chi connectivity index (χ3v) is 12.9. The maximum atomic E-state index is 14.6. The summed E-state index contributed by atoms with van der Waals surface area (Å²) in [4.78, 5) is 68.6. The maximum absolute atomic E-state index is 14.6. The highest BCUT2D eigenvalue weighted by molar-refractivity contribution is 7.91. The normalized spacial score (nSPS) is 26.7. The summed E-state index contributed by atoms with van der Waals surface area (Å²) in [7, 11) is -3.92. The van der Waals surface area contributed by atoms with Gasteiger partial charge in [0.25, 0.3) is 5.91 Å². The Balaban J connectivity index is 1.18. The number of hydrogen-bond acceptors (Lipinski definition) is 12. The zero-order chi connectivity index (χ0) is 41.2. The number of ether oxygens (including phenoxy) is 2. The Morgan fingerprint density at radius 1 is 1.00 bits per heavy atom. The first-order valence-electron chi connectivity index (χ1n) is 20.3. The van der Waals surface area contributed by atoms with Gasteiger partial charge in [-0.3, -0.25) is 19.1 Å². The summed E-state index contributed by atoms with van der Waals surface area (Å²) in [5.41, 5.74) is -1.80. The van der Waals surface area contributed by atoms with Gasteiger partial charge in [-0.15, -0.1) is 0 Å². The molecule has 3 aliphatic heterocycles. The number of anilines is 3. The second-order valence-electron chi connectivity index (χ2n) is 16.9. The van der Waals surface area contributed by atoms with Gasteiger partial charge in [-0.25, -0.2) is 17.6 Å². The Hall–Kier alpha value is -5.00. The van der Waals surface area contributed by atoms with Crippen LogP contribution in [-0.2, 0) is 29.1 Å². The Kier molecular flexibility index (Phi) is 11.9. The van der Waals surface area contributed by atoms with Crippen LogP contribution >= 0.6 is 0 Å². The van der Waals surface area contributed by atoms with E-state index in [0.717, 1.165) is 38.8 Å². The van der Waals surface area contributed by atoms with Crippen molar-refractivity contribution < 1.29 is 41.5 Å². The topological polar surface area (TPSA) is 201 Å². The number of aromatic nitrogens is 2. The molecule has 2 aliphatic carbocycles. The molecule has 7 rings (SSSR count). The molecule has 1 aromatic heterocycles. The number of sulfonamides is 1. The van der Waals surface area contributed by atoms with Crippen LogP contribution in [0, 0.1) is 11.7 Å². The number of benzene rings is 1. The summed E-state index contributed by atoms with van der Waals surface area (Å²) in [5.74, 6) is -1.84. The Labute approximate surface area is 338 Å². The highest BCUT2D eigenvalue weighted by Gasteiger charge is 2.62. The molecule has 2 aromatic rings. The number of rotatable bonds is 9. The van der Waals surface area contributed by atoms with Crippen molar-refractivity contribution in [3.05, 3.63) is 48.3 Å². The molecule has 1 aromatic carbocycles. The van der Waals surface area contributed by atoms with Crippen LogP contribution < -0.4 is 30.3 Å². The molecule has 314 valence electrons. The Morgan fingerprint density at radius 2 is 1.74 bits per heavy atom. The Bertz CT molecular complexity index is 2020. The molecule has 4 fully saturated rings. The summed E-state index contributed by atoms with van der Waals surface area (Å²) in [6, 6.07) is 5.26. The number of nitrogens with one attached hydrogen (secondary N) is 4. The van der Waals surface area contributed by atoms with Gasteiger partial charge in [0.15, 0.2) is 0 Å². The van der Waals surface area contributed by atoms with Crippen LogP contribution in [-0.4, -0.2) is 101 Å². The molecule has 4 amide bonds. The number of alkyl carbamates (subject to hydrolysis) is 1. The predicted molar refractivity (Wildman–Crippen MR) is 212 cm³/mol. The molecule has 2 saturated carbocycles. The first kappa shape index (κ1) is 41.2. The number of carbonyl (C=O) groups is 4. The predicted octanol–water partition coefficient (Wildman–Crippen LogP) is 4.20. The number of halogens is 1. The fourth-order valence-electron chi connectivity index (χ4n) is 7.77. The van der Waals surface area contributed by atoms with E-state index in [1.165, 1.54) is 17.0 Å². The average molecular weight is 825 g/mol. The van der Waals surface area contributed by atoms with E-state index in [-0.39, 0.29) is 37.6 Å². The summed E-state index contributed by atoms with van der Waals surface area (Å²) in [5, 5.41) is 8.08. The standard InChI is InChI=1S/C40H53FN8O8S/c1-39(2,3)57-38(53)43-30-12-8-6-4-5-7-11-25-23-40(25,36(52)47-58(54,55)29-17-18-29)46-34(50)31-21-28(24-49(31)35(30)51)56-33-22-32(48-19-9-10-20-48)44-37(45-33)42-27-15-13-26(41)14-16-27/h7,11,13-16,22,25,28-31H,4-6,8-10,12,17-21,23-24H2,1-3H3,(H,43,53)(H,46,50)(H,47,52)(H,42,44,45)/t25-,28-,30+,31+,40-/m1/s1. The lowest BCUT2D eigenvalue weighted by Gasteiger charge is -2.30. The van der Waals surface area contributed by atoms with Gasteiger partial charge in [-0.2, -0.15) is 9.97 Å². The summed E-state index contributed by atoms with van der Waals surface area (Å²) < 4.78 is 53.6. The molecule has 0 radical (unpaired) electrons. The third-order valence-electron chi connectivity index (χ3n) is 11.0. The SMILES string of the molecule is CC(C)(C)OC(=O)N[C@H]1CCCCCC=C[C@@H]2C[C@@]2(C(=O)NS(=O)(=O)C2CC2)NC(=O)[C@@H]2C[C@@H](Oc3cc(N4CCCC4)nc(Nc4ccc(F)cc4)n3)CN2C1=O. The molecular weight excluding hydrogens is 772 g/mol. The molecule has 0 bridgehead atoms. The van der Waals surface area contributed by atoms with E-state index in [2.05, 4.69) is 30.6 Å². The quantitative estimate of drug-likeness (QED) is 0.263. The summed E-state index contributed by atoms with van der Waals surface area (Å²) in [6.45, 7) is 6.65. The van der Waals surface area contributed by atoms with Gasteiger partial charge in [0.2, 0.25) is 33.7 Å². The van der Waals surface area contributed by atoms with Crippen LogP contribution in [0.1, 0.15) is 91.4 Å². The molecule has 0 unspecified atom stereocenters. The van der Waals surface area contributed by atoms with Crippen molar-refractivity contribution in [2.24, 2.45) is 5.92 Å². The van der Waals surface area contributed by atoms with Crippen molar-refractivity contribution in [1.29, 1.82) is 0 Å². The molecule has 5 atom stereocenters. The fourth-order valence-corrected chi connectivity index (χ4v) is 9.13. The van der Waals surface area contributed by atoms with Gasteiger partial charge in [0.05, 0.1) is 11.8 Å². The van der Waals surface area contributed by atoms with E-state index >= 15 is 0 Å². The van der Waals surface area contributed by atoms with Gasteiger partial charge in [-0.1, -0.05) is 25.0 Å². The number of hydrogen-bond donors (Lipinski definition) is 4. The smallest absolute Gasteiger partial charge is 0.408 e. The van der Waals surface area contributed by atoms with E-state index in [9.17, 15) is 32.0 Å². The highest BCUT2D eigenvalue weighted by Crippen LogP contribution is 2.46. The van der Waals surface area contributed by atoms with Gasteiger partial charge < -0.3 is 35.2 Å². The number of allylic oxidation sites excluding steroid dienone is 1. The average Bonchev–Trinajstić information content (AvgIpc) is 4.02. The molecule has 18 heteroatoms. The van der Waals surface area contributed by atoms with Gasteiger partial charge in [-0.05, 0) is 96.4 Å². The van der Waals surface area contributed by atoms with E-state index in [1.807, 2.05) is 12.2 Å². The maximum Gasteiger partial charge on any atom is 0.408 e. The lowest BCUT2D eigenvalue weighted by atomic mass is 10.0. The molecule has 2 saturated heterocycles. The molecule has 4 heterocycles. The Morgan fingerprint density at radius 3 is 2.45 bits per heavy atom. The van der Waals surface area contributed by atoms with Crippen LogP contribution in [0.5, 0.6) is 5.88 Å². The van der Waals surface area contributed by atoms with E-state index in [0.29, 0.717) is 37.2 Å². The van der Waals surface area contributed by atoms with Crippen LogP contribution in [0.2, 0.25) is 0 Å². The fraction of sp³-hybridized carbons (Fsp3) is 0.600. The van der Waals surface area contributed by atoms with E-state index < -0.39 is 80.2 Å². The monoisotopic (exact) mass is 824 g/mol. The van der Waals surface area contributed by atoms with Crippen molar-refractivity contribution in [2.45, 2.75) is 126 Å². The third kappa shape index (κ3) is 9.99. The van der Waals surface area contributed by atoms with E-state index in [1.54, 1.807) is 39.0 Å². The van der Waals surface area contributed by atoms with Crippen LogP contribution in [0.4, 0.5) is 26.6 Å². The first-order chi connectivity index (χ1) is 27.6. The van der Waals surface area contributed by atoms with Crippen molar-refractivity contribution >= 4 is 51.3 Å². The number of fused-ring (bicyclic) bond motifs is 2. The van der Waals surface area contributed by atoms with Gasteiger partial charge in [0, 0.05) is 37.2 Å². The molecule has 4 N–H and O–H groups in total. The van der Waals surface area contributed by atoms with Crippen molar-refractivity contribution in [1.82, 2.24) is 30.2 Å². The largest absolute Gasteiger partial charge is 0.472 e. The number of carbonyl (C=O) groups excluding carboxylic acids is 4. The van der Waals surface area contributed by atoms with Gasteiger partial charge in [0.1, 0.15) is 41.0 Å². The minimum atomic E-state index is -3.92. The zero-order valence-electron chi connectivity index (χ0n) is 33.2. The minimum absolute atomic E-state index is 0.000910. The van der Waals surface area contributed by atoms with E-state index in [4.69, 9.17) is 14.5 Å². The van der Waals surface area contributed by atoms with Crippen LogP contribution in [0.3, 0.4) is 0 Å². The second-order valence-corrected chi connectivity index (χ2v) is 18.9. The molecule has 5 aliphatic rings. The molecule has 58 heavy (non-hydrogen) atoms. The lowest BCUT2D eigenvalue weighted by Crippen LogP contribution is -2.58. The lowest BCUT2D eigenvalue weighted by molar-refractivity contribution is -0.141. The number of nitrogens with zero attached hydrogens (tertiary/aromatic N) is 4.